The van der Waals surface area contributed by atoms with E-state index in [1.54, 1.807) is 11.3 Å². The second-order valence-corrected chi connectivity index (χ2v) is 8.53. The zero-order chi connectivity index (χ0) is 18.6. The van der Waals surface area contributed by atoms with E-state index in [2.05, 4.69) is 9.62 Å². The molecule has 1 aromatic carbocycles. The van der Waals surface area contributed by atoms with Gasteiger partial charge in [-0.2, -0.15) is 0 Å². The Kier molecular flexibility index (Phi) is 5.99. The highest BCUT2D eigenvalue weighted by atomic mass is 32.2. The van der Waals surface area contributed by atoms with Gasteiger partial charge in [0.15, 0.2) is 0 Å². The molecule has 1 aliphatic heterocycles. The summed E-state index contributed by atoms with van der Waals surface area (Å²) in [5.74, 6) is 0. The van der Waals surface area contributed by atoms with Crippen LogP contribution in [-0.4, -0.2) is 51.1 Å². The molecular formula is C16H19N3O5S2. The molecule has 1 fully saturated rings. The van der Waals surface area contributed by atoms with Crippen LogP contribution in [0.3, 0.4) is 0 Å². The number of rotatable bonds is 7. The molecule has 1 saturated heterocycles. The first kappa shape index (κ1) is 18.9. The van der Waals surface area contributed by atoms with Gasteiger partial charge in [0.2, 0.25) is 10.0 Å². The summed E-state index contributed by atoms with van der Waals surface area (Å²) in [4.78, 5) is 13.4. The number of nitrogens with zero attached hydrogens (tertiary/aromatic N) is 2. The van der Waals surface area contributed by atoms with Crippen LogP contribution < -0.4 is 4.72 Å². The van der Waals surface area contributed by atoms with Crippen molar-refractivity contribution in [3.05, 3.63) is 56.8 Å². The molecule has 1 unspecified atom stereocenters. The van der Waals surface area contributed by atoms with Gasteiger partial charge < -0.3 is 4.74 Å². The number of thiophene rings is 1. The summed E-state index contributed by atoms with van der Waals surface area (Å²) in [7, 11) is -3.85. The number of hydrogen-bond donors (Lipinski definition) is 1. The molecule has 0 bridgehead atoms. The fourth-order valence-electron chi connectivity index (χ4n) is 2.82. The summed E-state index contributed by atoms with van der Waals surface area (Å²) < 4.78 is 33.2. The van der Waals surface area contributed by atoms with Gasteiger partial charge in [-0.25, -0.2) is 13.1 Å². The molecule has 1 N–H and O–H groups in total. The van der Waals surface area contributed by atoms with Crippen molar-refractivity contribution in [2.24, 2.45) is 0 Å². The normalized spacial score (nSPS) is 17.1. The van der Waals surface area contributed by atoms with E-state index >= 15 is 0 Å². The molecule has 0 radical (unpaired) electrons. The third-order valence-corrected chi connectivity index (χ3v) is 6.56. The van der Waals surface area contributed by atoms with Gasteiger partial charge in [-0.3, -0.25) is 15.0 Å². The van der Waals surface area contributed by atoms with Gasteiger partial charge in [0, 0.05) is 36.6 Å². The number of non-ortho nitro benzene ring substituents is 1. The Morgan fingerprint density at radius 3 is 2.69 bits per heavy atom. The van der Waals surface area contributed by atoms with Crippen molar-refractivity contribution in [2.75, 3.05) is 32.8 Å². The van der Waals surface area contributed by atoms with Crippen LogP contribution in [-0.2, 0) is 14.8 Å². The largest absolute Gasteiger partial charge is 0.379 e. The number of sulfonamides is 1. The molecule has 1 aliphatic rings. The number of morpholine rings is 1. The van der Waals surface area contributed by atoms with E-state index in [4.69, 9.17) is 4.74 Å². The maximum atomic E-state index is 12.6. The Balaban J connectivity index is 1.77. The number of nitrogens with one attached hydrogen (secondary N) is 1. The average Bonchev–Trinajstić information content (AvgIpc) is 3.17. The van der Waals surface area contributed by atoms with Crippen LogP contribution >= 0.6 is 11.3 Å². The van der Waals surface area contributed by atoms with Crippen molar-refractivity contribution in [3.8, 4) is 0 Å². The lowest BCUT2D eigenvalue weighted by atomic mass is 10.2. The highest BCUT2D eigenvalue weighted by Crippen LogP contribution is 2.26. The number of benzene rings is 1. The van der Waals surface area contributed by atoms with E-state index in [0.717, 1.165) is 24.0 Å². The van der Waals surface area contributed by atoms with E-state index in [1.807, 2.05) is 17.5 Å². The molecule has 2 aromatic rings. The highest BCUT2D eigenvalue weighted by Gasteiger charge is 2.26. The van der Waals surface area contributed by atoms with Crippen LogP contribution in [0.4, 0.5) is 5.69 Å². The molecule has 0 spiro atoms. The monoisotopic (exact) mass is 397 g/mol. The van der Waals surface area contributed by atoms with E-state index in [9.17, 15) is 18.5 Å². The Morgan fingerprint density at radius 1 is 1.27 bits per heavy atom. The lowest BCUT2D eigenvalue weighted by Crippen LogP contribution is -2.43. The molecule has 26 heavy (non-hydrogen) atoms. The molecule has 1 aromatic heterocycles. The predicted octanol–water partition coefficient (Wildman–Crippen LogP) is 2.01. The Morgan fingerprint density at radius 2 is 2.04 bits per heavy atom. The number of hydrogen-bond acceptors (Lipinski definition) is 7. The molecule has 3 rings (SSSR count). The molecule has 0 aliphatic carbocycles. The fourth-order valence-corrected chi connectivity index (χ4v) is 4.75. The van der Waals surface area contributed by atoms with Gasteiger partial charge in [-0.1, -0.05) is 12.1 Å². The molecule has 1 atom stereocenters. The van der Waals surface area contributed by atoms with Crippen molar-refractivity contribution >= 4 is 27.0 Å². The second kappa shape index (κ2) is 8.23. The summed E-state index contributed by atoms with van der Waals surface area (Å²) >= 11 is 1.57. The predicted molar refractivity (Wildman–Crippen MR) is 97.7 cm³/mol. The lowest BCUT2D eigenvalue weighted by Gasteiger charge is -2.34. The van der Waals surface area contributed by atoms with Crippen molar-refractivity contribution in [3.63, 3.8) is 0 Å². The minimum absolute atomic E-state index is 0.104. The highest BCUT2D eigenvalue weighted by molar-refractivity contribution is 7.89. The Hall–Kier alpha value is -1.85. The van der Waals surface area contributed by atoms with Gasteiger partial charge in [-0.15, -0.1) is 11.3 Å². The van der Waals surface area contributed by atoms with Crippen LogP contribution in [0.25, 0.3) is 0 Å². The maximum Gasteiger partial charge on any atom is 0.270 e. The average molecular weight is 397 g/mol. The zero-order valence-electron chi connectivity index (χ0n) is 13.9. The van der Waals surface area contributed by atoms with Crippen LogP contribution in [0, 0.1) is 10.1 Å². The Bertz CT molecular complexity index is 849. The minimum atomic E-state index is -3.85. The van der Waals surface area contributed by atoms with Crippen molar-refractivity contribution in [1.29, 1.82) is 0 Å². The van der Waals surface area contributed by atoms with E-state index < -0.39 is 14.9 Å². The molecule has 0 saturated carbocycles. The van der Waals surface area contributed by atoms with Crippen LogP contribution in [0.2, 0.25) is 0 Å². The second-order valence-electron chi connectivity index (χ2n) is 5.79. The zero-order valence-corrected chi connectivity index (χ0v) is 15.5. The topological polar surface area (TPSA) is 102 Å². The number of ether oxygens (including phenoxy) is 1. The van der Waals surface area contributed by atoms with Crippen molar-refractivity contribution in [2.45, 2.75) is 10.9 Å². The van der Waals surface area contributed by atoms with Crippen LogP contribution in [0.5, 0.6) is 0 Å². The van der Waals surface area contributed by atoms with Gasteiger partial charge in [0.1, 0.15) is 0 Å². The first-order chi connectivity index (χ1) is 12.5. The molecular weight excluding hydrogens is 378 g/mol. The summed E-state index contributed by atoms with van der Waals surface area (Å²) in [5, 5.41) is 12.8. The standard InChI is InChI=1S/C16H19N3O5S2/c20-19(21)13-3-1-4-14(11-13)26(22,23)17-12-15(16-5-2-10-25-16)18-6-8-24-9-7-18/h1-5,10-11,15,17H,6-9,12H2. The maximum absolute atomic E-state index is 12.6. The van der Waals surface area contributed by atoms with Gasteiger partial charge >= 0.3 is 0 Å². The lowest BCUT2D eigenvalue weighted by molar-refractivity contribution is -0.385. The summed E-state index contributed by atoms with van der Waals surface area (Å²) in [6.07, 6.45) is 0. The summed E-state index contributed by atoms with van der Waals surface area (Å²) in [6, 6.07) is 8.86. The number of nitro benzene ring substituents is 1. The van der Waals surface area contributed by atoms with Crippen LogP contribution in [0.15, 0.2) is 46.7 Å². The first-order valence-corrected chi connectivity index (χ1v) is 10.4. The minimum Gasteiger partial charge on any atom is -0.379 e. The summed E-state index contributed by atoms with van der Waals surface area (Å²) in [5.41, 5.74) is -0.254. The third kappa shape index (κ3) is 4.46. The molecule has 10 heteroatoms. The molecule has 8 nitrogen and oxygen atoms in total. The molecule has 2 heterocycles. The molecule has 0 amide bonds. The number of nitro groups is 1. The first-order valence-electron chi connectivity index (χ1n) is 8.07. The Labute approximate surface area is 155 Å². The van der Waals surface area contributed by atoms with Gasteiger partial charge in [0.25, 0.3) is 5.69 Å². The van der Waals surface area contributed by atoms with E-state index in [-0.39, 0.29) is 23.2 Å². The van der Waals surface area contributed by atoms with Crippen LogP contribution in [0.1, 0.15) is 10.9 Å². The third-order valence-electron chi connectivity index (χ3n) is 4.16. The summed E-state index contributed by atoms with van der Waals surface area (Å²) in [6.45, 7) is 2.85. The SMILES string of the molecule is O=[N+]([O-])c1cccc(S(=O)(=O)NCC(c2cccs2)N2CCOCC2)c1. The van der Waals surface area contributed by atoms with E-state index in [1.165, 1.54) is 18.2 Å². The van der Waals surface area contributed by atoms with Gasteiger partial charge in [0.05, 0.1) is 29.1 Å². The smallest absolute Gasteiger partial charge is 0.270 e. The van der Waals surface area contributed by atoms with Crippen molar-refractivity contribution in [1.82, 2.24) is 9.62 Å². The van der Waals surface area contributed by atoms with E-state index in [0.29, 0.717) is 13.2 Å². The van der Waals surface area contributed by atoms with Crippen molar-refractivity contribution < 1.29 is 18.1 Å². The quantitative estimate of drug-likeness (QED) is 0.566. The van der Waals surface area contributed by atoms with Gasteiger partial charge in [-0.05, 0) is 17.5 Å². The fraction of sp³-hybridized carbons (Fsp3) is 0.375. The molecule has 140 valence electrons.